The van der Waals surface area contributed by atoms with Crippen LogP contribution < -0.4 is 5.32 Å². The van der Waals surface area contributed by atoms with Crippen LogP contribution in [0.25, 0.3) is 0 Å². The van der Waals surface area contributed by atoms with Crippen LogP contribution in [0, 0.1) is 0 Å². The molecule has 0 bridgehead atoms. The number of benzene rings is 3. The second-order valence-corrected chi connectivity index (χ2v) is 8.53. The molecule has 0 aliphatic carbocycles. The van der Waals surface area contributed by atoms with Gasteiger partial charge in [-0.1, -0.05) is 69.3 Å². The summed E-state index contributed by atoms with van der Waals surface area (Å²) in [6, 6.07) is 21.9. The summed E-state index contributed by atoms with van der Waals surface area (Å²) in [5.74, 6) is -0.302. The average molecular weight is 436 g/mol. The van der Waals surface area contributed by atoms with Gasteiger partial charge in [0, 0.05) is 21.3 Å². The molecule has 0 radical (unpaired) electrons. The van der Waals surface area contributed by atoms with Gasteiger partial charge in [-0.15, -0.1) is 0 Å². The predicted molar refractivity (Wildman–Crippen MR) is 117 cm³/mol. The molecule has 1 amide bonds. The lowest BCUT2D eigenvalue weighted by Crippen LogP contribution is -2.13. The predicted octanol–water partition coefficient (Wildman–Crippen LogP) is 6.23. The summed E-state index contributed by atoms with van der Waals surface area (Å²) < 4.78 is 0.721. The van der Waals surface area contributed by atoms with Gasteiger partial charge in [-0.2, -0.15) is 0 Å². The Hall–Kier alpha value is -2.72. The van der Waals surface area contributed by atoms with Crippen molar-refractivity contribution in [3.05, 3.63) is 99.5 Å². The molecule has 4 heteroatoms. The van der Waals surface area contributed by atoms with Crippen molar-refractivity contribution >= 4 is 33.3 Å². The van der Waals surface area contributed by atoms with E-state index >= 15 is 0 Å². The van der Waals surface area contributed by atoms with Crippen molar-refractivity contribution in [1.29, 1.82) is 0 Å². The van der Waals surface area contributed by atoms with Crippen molar-refractivity contribution in [1.82, 2.24) is 0 Å². The van der Waals surface area contributed by atoms with Crippen LogP contribution in [0.2, 0.25) is 0 Å². The minimum Gasteiger partial charge on any atom is -0.322 e. The van der Waals surface area contributed by atoms with E-state index in [9.17, 15) is 9.59 Å². The van der Waals surface area contributed by atoms with E-state index in [2.05, 4.69) is 42.0 Å². The molecule has 0 saturated heterocycles. The molecule has 0 aromatic heterocycles. The molecule has 3 nitrogen and oxygen atoms in total. The second-order valence-electron chi connectivity index (χ2n) is 7.67. The molecule has 0 atom stereocenters. The van der Waals surface area contributed by atoms with Crippen molar-refractivity contribution in [2.24, 2.45) is 0 Å². The van der Waals surface area contributed by atoms with Crippen molar-refractivity contribution < 1.29 is 9.59 Å². The highest BCUT2D eigenvalue weighted by Crippen LogP contribution is 2.24. The third-order valence-electron chi connectivity index (χ3n) is 4.51. The van der Waals surface area contributed by atoms with E-state index in [1.807, 2.05) is 36.4 Å². The van der Waals surface area contributed by atoms with Gasteiger partial charge >= 0.3 is 0 Å². The van der Waals surface area contributed by atoms with E-state index < -0.39 is 0 Å². The molecule has 3 aromatic carbocycles. The molecule has 1 N–H and O–H groups in total. The molecule has 0 unspecified atom stereocenters. The first-order chi connectivity index (χ1) is 13.3. The minimum absolute atomic E-state index is 0.0392. The zero-order chi connectivity index (χ0) is 20.3. The van der Waals surface area contributed by atoms with Crippen LogP contribution in [0.1, 0.15) is 52.6 Å². The Morgan fingerprint density at radius 3 is 2.14 bits per heavy atom. The van der Waals surface area contributed by atoms with Gasteiger partial charge in [0.15, 0.2) is 5.78 Å². The summed E-state index contributed by atoms with van der Waals surface area (Å²) in [4.78, 5) is 25.3. The third-order valence-corrected chi connectivity index (χ3v) is 5.21. The van der Waals surface area contributed by atoms with Gasteiger partial charge in [-0.25, -0.2) is 0 Å². The van der Waals surface area contributed by atoms with Crippen molar-refractivity contribution in [3.8, 4) is 0 Å². The Morgan fingerprint density at radius 2 is 1.50 bits per heavy atom. The van der Waals surface area contributed by atoms with E-state index in [0.717, 1.165) is 4.47 Å². The van der Waals surface area contributed by atoms with Crippen molar-refractivity contribution in [3.63, 3.8) is 0 Å². The highest BCUT2D eigenvalue weighted by molar-refractivity contribution is 9.10. The number of hydrogen-bond donors (Lipinski definition) is 1. The number of carbonyl (C=O) groups is 2. The third kappa shape index (κ3) is 4.57. The topological polar surface area (TPSA) is 46.2 Å². The van der Waals surface area contributed by atoms with E-state index in [4.69, 9.17) is 0 Å². The summed E-state index contributed by atoms with van der Waals surface area (Å²) in [7, 11) is 0. The van der Waals surface area contributed by atoms with Crippen LogP contribution in [0.15, 0.2) is 77.3 Å². The summed E-state index contributed by atoms with van der Waals surface area (Å²) in [5, 5.41) is 2.85. The van der Waals surface area contributed by atoms with Gasteiger partial charge < -0.3 is 5.32 Å². The van der Waals surface area contributed by atoms with Crippen LogP contribution >= 0.6 is 15.9 Å². The maximum absolute atomic E-state index is 12.8. The number of rotatable bonds is 4. The highest BCUT2D eigenvalue weighted by atomic mass is 79.9. The summed E-state index contributed by atoms with van der Waals surface area (Å²) in [5.41, 5.74) is 3.50. The van der Waals surface area contributed by atoms with Crippen molar-refractivity contribution in [2.75, 3.05) is 5.32 Å². The molecule has 3 rings (SSSR count). The number of anilines is 1. The van der Waals surface area contributed by atoms with Gasteiger partial charge in [-0.05, 0) is 51.2 Å². The number of carbonyl (C=O) groups excluding carboxylic acids is 2. The SMILES string of the molecule is CC(C)(C)c1ccc(C(=O)c2cccc(NC(=O)c3ccccc3Br)c2)cc1. The summed E-state index contributed by atoms with van der Waals surface area (Å²) in [6.45, 7) is 6.42. The lowest BCUT2D eigenvalue weighted by Gasteiger charge is -2.19. The monoisotopic (exact) mass is 435 g/mol. The zero-order valence-corrected chi connectivity index (χ0v) is 17.7. The normalized spacial score (nSPS) is 11.1. The maximum atomic E-state index is 12.8. The van der Waals surface area contributed by atoms with Crippen LogP contribution in [0.4, 0.5) is 5.69 Å². The Labute approximate surface area is 173 Å². The van der Waals surface area contributed by atoms with E-state index in [-0.39, 0.29) is 17.1 Å². The Kier molecular flexibility index (Phi) is 5.80. The molecule has 0 heterocycles. The Balaban J connectivity index is 1.80. The van der Waals surface area contributed by atoms with Crippen LogP contribution in [-0.2, 0) is 5.41 Å². The Morgan fingerprint density at radius 1 is 0.821 bits per heavy atom. The fourth-order valence-electron chi connectivity index (χ4n) is 2.87. The first kappa shape index (κ1) is 20.0. The van der Waals surface area contributed by atoms with Gasteiger partial charge in [-0.3, -0.25) is 9.59 Å². The smallest absolute Gasteiger partial charge is 0.256 e. The zero-order valence-electron chi connectivity index (χ0n) is 16.1. The maximum Gasteiger partial charge on any atom is 0.256 e. The van der Waals surface area contributed by atoms with Gasteiger partial charge in [0.2, 0.25) is 0 Å². The van der Waals surface area contributed by atoms with Gasteiger partial charge in [0.25, 0.3) is 5.91 Å². The molecule has 0 aliphatic rings. The number of ketones is 1. The van der Waals surface area contributed by atoms with Crippen LogP contribution in [-0.4, -0.2) is 11.7 Å². The molecule has 28 heavy (non-hydrogen) atoms. The number of amides is 1. The molecule has 0 aliphatic heterocycles. The van der Waals surface area contributed by atoms with Crippen LogP contribution in [0.5, 0.6) is 0 Å². The molecule has 142 valence electrons. The lowest BCUT2D eigenvalue weighted by atomic mass is 9.86. The number of halogens is 1. The molecule has 3 aromatic rings. The average Bonchev–Trinajstić information content (AvgIpc) is 2.67. The molecular weight excluding hydrogens is 414 g/mol. The summed E-state index contributed by atoms with van der Waals surface area (Å²) in [6.07, 6.45) is 0. The second kappa shape index (κ2) is 8.11. The van der Waals surface area contributed by atoms with Gasteiger partial charge in [0.1, 0.15) is 0 Å². The van der Waals surface area contributed by atoms with E-state index in [0.29, 0.717) is 22.4 Å². The minimum atomic E-state index is -0.230. The van der Waals surface area contributed by atoms with E-state index in [1.54, 1.807) is 36.4 Å². The molecule has 0 fully saturated rings. The molecule has 0 spiro atoms. The lowest BCUT2D eigenvalue weighted by molar-refractivity contribution is 0.102. The fourth-order valence-corrected chi connectivity index (χ4v) is 3.34. The first-order valence-electron chi connectivity index (χ1n) is 9.07. The molecule has 0 saturated carbocycles. The summed E-state index contributed by atoms with van der Waals surface area (Å²) >= 11 is 3.38. The quantitative estimate of drug-likeness (QED) is 0.493. The Bertz CT molecular complexity index is 1020. The van der Waals surface area contributed by atoms with Crippen molar-refractivity contribution in [2.45, 2.75) is 26.2 Å². The standard InChI is InChI=1S/C24H22BrNO2/c1-24(2,3)18-13-11-16(12-14-18)22(27)17-7-6-8-19(15-17)26-23(28)20-9-4-5-10-21(20)25/h4-15H,1-3H3,(H,26,28). The number of hydrogen-bond acceptors (Lipinski definition) is 2. The first-order valence-corrected chi connectivity index (χ1v) is 9.86. The highest BCUT2D eigenvalue weighted by Gasteiger charge is 2.16. The molecular formula is C24H22BrNO2. The van der Waals surface area contributed by atoms with Crippen LogP contribution in [0.3, 0.4) is 0 Å². The fraction of sp³-hybridized carbons (Fsp3) is 0.167. The van der Waals surface area contributed by atoms with Gasteiger partial charge in [0.05, 0.1) is 5.56 Å². The number of nitrogens with one attached hydrogen (secondary N) is 1. The largest absolute Gasteiger partial charge is 0.322 e. The van der Waals surface area contributed by atoms with E-state index in [1.165, 1.54) is 5.56 Å².